The number of esters is 1. The molecule has 0 aliphatic carbocycles. The van der Waals surface area contributed by atoms with Gasteiger partial charge in [0.25, 0.3) is 5.91 Å². The Hall–Kier alpha value is -3.84. The Balaban J connectivity index is 1.78. The van der Waals surface area contributed by atoms with Crippen molar-refractivity contribution in [1.82, 2.24) is 10.6 Å². The number of hydrogen-bond donors (Lipinski definition) is 2. The summed E-state index contributed by atoms with van der Waals surface area (Å²) in [6.45, 7) is 0. The summed E-state index contributed by atoms with van der Waals surface area (Å²) in [5, 5.41) is 5.19. The lowest BCUT2D eigenvalue weighted by molar-refractivity contribution is -0.115. The smallest absolute Gasteiger partial charge is 0.337 e. The molecule has 1 saturated heterocycles. The molecule has 3 amide bonds. The van der Waals surface area contributed by atoms with Crippen LogP contribution in [-0.2, 0) is 9.53 Å². The number of benzene rings is 2. The van der Waals surface area contributed by atoms with Crippen LogP contribution in [0.1, 0.15) is 21.7 Å². The molecule has 1 aromatic heterocycles. The van der Waals surface area contributed by atoms with E-state index in [-0.39, 0.29) is 5.70 Å². The molecule has 0 unspecified atom stereocenters. The molecule has 2 N–H and O–H groups in total. The number of ether oxygens (including phenoxy) is 1. The number of hydrogen-bond acceptors (Lipinski definition) is 5. The lowest BCUT2D eigenvalue weighted by Gasteiger charge is -2.09. The van der Waals surface area contributed by atoms with Crippen LogP contribution in [0.5, 0.6) is 0 Å². The second-order valence-electron chi connectivity index (χ2n) is 6.40. The quantitative estimate of drug-likeness (QED) is 0.376. The van der Waals surface area contributed by atoms with E-state index < -0.39 is 17.9 Å². The Labute approximate surface area is 176 Å². The van der Waals surface area contributed by atoms with Gasteiger partial charge in [-0.2, -0.15) is 0 Å². The van der Waals surface area contributed by atoms with E-state index in [1.165, 1.54) is 7.11 Å². The molecule has 150 valence electrons. The third-order valence-electron chi connectivity index (χ3n) is 4.50. The molecule has 0 atom stereocenters. The van der Waals surface area contributed by atoms with Crippen LogP contribution in [0.4, 0.5) is 4.79 Å². The standard InChI is InChI=1S/C22H15ClN2O5/c1-29-21(27)13-7-5-12(6-8-13)16-9-10-17(30-16)18(14-3-2-4-15(23)11-14)19-20(26)25-22(28)24-19/h2-11H,1H3,(H2,24,25,26,28)/b19-18-. The molecule has 0 spiro atoms. The van der Waals surface area contributed by atoms with Crippen LogP contribution in [-0.4, -0.2) is 25.0 Å². The molecule has 1 fully saturated rings. The third-order valence-corrected chi connectivity index (χ3v) is 4.73. The summed E-state index contributed by atoms with van der Waals surface area (Å²) >= 11 is 6.12. The van der Waals surface area contributed by atoms with Crippen LogP contribution in [0.3, 0.4) is 0 Å². The molecular weight excluding hydrogens is 408 g/mol. The van der Waals surface area contributed by atoms with E-state index in [1.807, 2.05) is 0 Å². The minimum atomic E-state index is -0.611. The zero-order chi connectivity index (χ0) is 21.3. The van der Waals surface area contributed by atoms with Gasteiger partial charge in [-0.25, -0.2) is 9.59 Å². The second-order valence-corrected chi connectivity index (χ2v) is 6.84. The van der Waals surface area contributed by atoms with E-state index in [4.69, 9.17) is 20.8 Å². The molecule has 7 nitrogen and oxygen atoms in total. The van der Waals surface area contributed by atoms with Crippen LogP contribution in [0.15, 0.2) is 70.8 Å². The highest BCUT2D eigenvalue weighted by atomic mass is 35.5. The van der Waals surface area contributed by atoms with Crippen molar-refractivity contribution in [3.8, 4) is 11.3 Å². The lowest BCUT2D eigenvalue weighted by Crippen LogP contribution is -2.22. The number of halogens is 1. The van der Waals surface area contributed by atoms with Gasteiger partial charge >= 0.3 is 12.0 Å². The normalized spacial score (nSPS) is 14.9. The molecule has 2 heterocycles. The van der Waals surface area contributed by atoms with Gasteiger partial charge in [0.2, 0.25) is 0 Å². The summed E-state index contributed by atoms with van der Waals surface area (Å²) in [6.07, 6.45) is 0. The van der Waals surface area contributed by atoms with Crippen LogP contribution in [0.2, 0.25) is 5.02 Å². The van der Waals surface area contributed by atoms with Crippen molar-refractivity contribution >= 4 is 35.1 Å². The molecule has 0 saturated carbocycles. The monoisotopic (exact) mass is 422 g/mol. The number of furan rings is 1. The molecule has 1 aliphatic heterocycles. The maximum Gasteiger partial charge on any atom is 0.337 e. The van der Waals surface area contributed by atoms with Gasteiger partial charge in [-0.05, 0) is 42.0 Å². The van der Waals surface area contributed by atoms with Crippen molar-refractivity contribution in [3.05, 3.63) is 88.3 Å². The fraction of sp³-hybridized carbons (Fsp3) is 0.0455. The van der Waals surface area contributed by atoms with Crippen LogP contribution < -0.4 is 10.6 Å². The maximum atomic E-state index is 12.3. The molecule has 0 bridgehead atoms. The van der Waals surface area contributed by atoms with Crippen molar-refractivity contribution in [2.45, 2.75) is 0 Å². The van der Waals surface area contributed by atoms with Crippen molar-refractivity contribution in [1.29, 1.82) is 0 Å². The Morgan fingerprint density at radius 2 is 1.73 bits per heavy atom. The predicted octanol–water partition coefficient (Wildman–Crippen LogP) is 3.99. The fourth-order valence-corrected chi connectivity index (χ4v) is 3.30. The molecule has 1 aliphatic rings. The number of urea groups is 1. The van der Waals surface area contributed by atoms with Crippen molar-refractivity contribution in [2.75, 3.05) is 7.11 Å². The van der Waals surface area contributed by atoms with E-state index in [0.717, 1.165) is 5.56 Å². The van der Waals surface area contributed by atoms with E-state index in [2.05, 4.69) is 10.6 Å². The van der Waals surface area contributed by atoms with Crippen molar-refractivity contribution in [3.63, 3.8) is 0 Å². The minimum Gasteiger partial charge on any atom is -0.465 e. The van der Waals surface area contributed by atoms with Gasteiger partial charge in [-0.1, -0.05) is 35.9 Å². The number of amides is 3. The largest absolute Gasteiger partial charge is 0.465 e. The molecule has 8 heteroatoms. The Bertz CT molecular complexity index is 1190. The van der Waals surface area contributed by atoms with Gasteiger partial charge in [0, 0.05) is 10.6 Å². The number of carbonyl (C=O) groups is 3. The van der Waals surface area contributed by atoms with Gasteiger partial charge in [0.1, 0.15) is 17.2 Å². The molecule has 3 aromatic rings. The first-order valence-electron chi connectivity index (χ1n) is 8.88. The zero-order valence-electron chi connectivity index (χ0n) is 15.7. The van der Waals surface area contributed by atoms with Crippen molar-refractivity contribution in [2.24, 2.45) is 0 Å². The highest BCUT2D eigenvalue weighted by Crippen LogP contribution is 2.33. The topological polar surface area (TPSA) is 97.6 Å². The predicted molar refractivity (Wildman–Crippen MR) is 110 cm³/mol. The summed E-state index contributed by atoms with van der Waals surface area (Å²) in [4.78, 5) is 35.6. The first-order valence-corrected chi connectivity index (χ1v) is 9.25. The number of methoxy groups -OCH3 is 1. The second kappa shape index (κ2) is 7.88. The molecule has 4 rings (SSSR count). The molecule has 30 heavy (non-hydrogen) atoms. The average Bonchev–Trinajstić information content (AvgIpc) is 3.35. The average molecular weight is 423 g/mol. The van der Waals surface area contributed by atoms with E-state index >= 15 is 0 Å². The minimum absolute atomic E-state index is 0.0733. The van der Waals surface area contributed by atoms with Gasteiger partial charge < -0.3 is 14.5 Å². The zero-order valence-corrected chi connectivity index (χ0v) is 16.4. The van der Waals surface area contributed by atoms with Crippen LogP contribution >= 0.6 is 11.6 Å². The summed E-state index contributed by atoms with van der Waals surface area (Å²) in [6, 6.07) is 16.4. The first-order chi connectivity index (χ1) is 14.5. The van der Waals surface area contributed by atoms with Gasteiger partial charge in [-0.3, -0.25) is 10.1 Å². The molecule has 0 radical (unpaired) electrons. The summed E-state index contributed by atoms with van der Waals surface area (Å²) in [5.74, 6) is -0.101. The van der Waals surface area contributed by atoms with Gasteiger partial charge in [0.05, 0.1) is 18.2 Å². The van der Waals surface area contributed by atoms with Gasteiger partial charge in [-0.15, -0.1) is 0 Å². The fourth-order valence-electron chi connectivity index (χ4n) is 3.11. The molecular formula is C22H15ClN2O5. The Kier molecular flexibility index (Phi) is 5.12. The van der Waals surface area contributed by atoms with Crippen LogP contribution in [0, 0.1) is 0 Å². The Morgan fingerprint density at radius 3 is 2.37 bits per heavy atom. The van der Waals surface area contributed by atoms with Crippen LogP contribution in [0.25, 0.3) is 16.9 Å². The highest BCUT2D eigenvalue weighted by Gasteiger charge is 2.29. The number of carbonyl (C=O) groups excluding carboxylic acids is 3. The maximum absolute atomic E-state index is 12.3. The number of nitrogens with one attached hydrogen (secondary N) is 2. The number of rotatable bonds is 4. The Morgan fingerprint density at radius 1 is 0.967 bits per heavy atom. The van der Waals surface area contributed by atoms with E-state index in [0.29, 0.717) is 33.2 Å². The molecule has 2 aromatic carbocycles. The lowest BCUT2D eigenvalue weighted by atomic mass is 10.0. The summed E-state index contributed by atoms with van der Waals surface area (Å²) in [7, 11) is 1.32. The summed E-state index contributed by atoms with van der Waals surface area (Å²) in [5.41, 5.74) is 2.23. The number of imide groups is 1. The highest BCUT2D eigenvalue weighted by molar-refractivity contribution is 6.30. The summed E-state index contributed by atoms with van der Waals surface area (Å²) < 4.78 is 10.7. The van der Waals surface area contributed by atoms with E-state index in [9.17, 15) is 14.4 Å². The van der Waals surface area contributed by atoms with E-state index in [1.54, 1.807) is 60.7 Å². The first kappa shape index (κ1) is 19.5. The van der Waals surface area contributed by atoms with Crippen molar-refractivity contribution < 1.29 is 23.5 Å². The third kappa shape index (κ3) is 3.70. The van der Waals surface area contributed by atoms with Gasteiger partial charge in [0.15, 0.2) is 0 Å². The SMILES string of the molecule is COC(=O)c1ccc(-c2ccc(/C(=C3\NC(=O)NC3=O)c3cccc(Cl)c3)o2)cc1.